The van der Waals surface area contributed by atoms with E-state index in [9.17, 15) is 10.2 Å². The molecule has 0 bridgehead atoms. The van der Waals surface area contributed by atoms with Gasteiger partial charge in [0.05, 0.1) is 11.0 Å². The molecule has 0 saturated carbocycles. The van der Waals surface area contributed by atoms with Crippen LogP contribution in [0.3, 0.4) is 0 Å². The molecule has 4 rings (SSSR count). The second-order valence-electron chi connectivity index (χ2n) is 10.4. The van der Waals surface area contributed by atoms with Gasteiger partial charge < -0.3 is 10.2 Å². The Labute approximate surface area is 188 Å². The van der Waals surface area contributed by atoms with Crippen molar-refractivity contribution in [3.8, 4) is 11.4 Å². The Morgan fingerprint density at radius 1 is 0.562 bits per heavy atom. The molecule has 0 saturated heterocycles. The fraction of sp³-hybridized carbons (Fsp3) is 0.385. The highest BCUT2D eigenvalue weighted by atomic mass is 16.3. The number of nitrogens with zero attached hydrogens (tertiary/aromatic N) is 4. The predicted molar refractivity (Wildman–Crippen MR) is 127 cm³/mol. The summed E-state index contributed by atoms with van der Waals surface area (Å²) in [5.41, 5.74) is 1.85. The largest absolute Gasteiger partial charge is 0.385 e. The van der Waals surface area contributed by atoms with E-state index >= 15 is 0 Å². The minimum absolute atomic E-state index is 0.354. The molecule has 6 nitrogen and oxygen atoms in total. The van der Waals surface area contributed by atoms with E-state index in [0.717, 1.165) is 21.8 Å². The number of para-hydroxylation sites is 2. The number of rotatable bonds is 3. The third-order valence-electron chi connectivity index (χ3n) is 5.60. The van der Waals surface area contributed by atoms with Crippen molar-refractivity contribution in [1.29, 1.82) is 0 Å². The highest BCUT2D eigenvalue weighted by molar-refractivity contribution is 6.00. The third kappa shape index (κ3) is 4.08. The van der Waals surface area contributed by atoms with Crippen LogP contribution in [0.15, 0.2) is 48.5 Å². The van der Waals surface area contributed by atoms with Crippen LogP contribution >= 0.6 is 0 Å². The van der Waals surface area contributed by atoms with Crippen LogP contribution in [0, 0.1) is 10.8 Å². The predicted octanol–water partition coefficient (Wildman–Crippen LogP) is 5.40. The van der Waals surface area contributed by atoms with Gasteiger partial charge in [-0.15, -0.1) is 0 Å². The van der Waals surface area contributed by atoms with Crippen LogP contribution in [0.2, 0.25) is 0 Å². The van der Waals surface area contributed by atoms with Crippen LogP contribution in [0.1, 0.15) is 65.4 Å². The zero-order valence-electron chi connectivity index (χ0n) is 19.5. The Balaban J connectivity index is 2.06. The van der Waals surface area contributed by atoms with Gasteiger partial charge in [-0.2, -0.15) is 0 Å². The number of hydrogen-bond acceptors (Lipinski definition) is 6. The molecule has 0 aliphatic heterocycles. The lowest BCUT2D eigenvalue weighted by Crippen LogP contribution is -2.21. The molecule has 4 aromatic rings. The average molecular weight is 431 g/mol. The van der Waals surface area contributed by atoms with Crippen LogP contribution in [0.5, 0.6) is 0 Å². The molecule has 0 amide bonds. The van der Waals surface area contributed by atoms with Crippen molar-refractivity contribution >= 4 is 21.8 Å². The summed E-state index contributed by atoms with van der Waals surface area (Å²) >= 11 is 0. The summed E-state index contributed by atoms with van der Waals surface area (Å²) in [7, 11) is 0. The van der Waals surface area contributed by atoms with Gasteiger partial charge >= 0.3 is 0 Å². The van der Waals surface area contributed by atoms with E-state index < -0.39 is 23.0 Å². The van der Waals surface area contributed by atoms with Crippen molar-refractivity contribution < 1.29 is 10.2 Å². The van der Waals surface area contributed by atoms with Gasteiger partial charge in [0.15, 0.2) is 11.6 Å². The zero-order chi connectivity index (χ0) is 23.3. The van der Waals surface area contributed by atoms with Crippen molar-refractivity contribution in [3.63, 3.8) is 0 Å². The van der Waals surface area contributed by atoms with Crippen LogP contribution in [0.25, 0.3) is 33.2 Å². The molecule has 0 fully saturated rings. The van der Waals surface area contributed by atoms with E-state index in [0.29, 0.717) is 23.0 Å². The first-order valence-corrected chi connectivity index (χ1v) is 10.9. The first-order valence-electron chi connectivity index (χ1n) is 10.9. The third-order valence-corrected chi connectivity index (χ3v) is 5.60. The zero-order valence-corrected chi connectivity index (χ0v) is 19.5. The fourth-order valence-electron chi connectivity index (χ4n) is 3.57. The Kier molecular flexibility index (Phi) is 5.47. The number of aliphatic hydroxyl groups is 2. The molecule has 0 spiro atoms. The number of aliphatic hydroxyl groups excluding tert-OH is 2. The monoisotopic (exact) mass is 430 g/mol. The van der Waals surface area contributed by atoms with Crippen molar-refractivity contribution in [2.75, 3.05) is 0 Å². The van der Waals surface area contributed by atoms with Gasteiger partial charge in [-0.1, -0.05) is 77.9 Å². The lowest BCUT2D eigenvalue weighted by molar-refractivity contribution is 0.0549. The fourth-order valence-corrected chi connectivity index (χ4v) is 3.57. The molecule has 0 unspecified atom stereocenters. The minimum Gasteiger partial charge on any atom is -0.385 e. The second kappa shape index (κ2) is 7.87. The Bertz CT molecular complexity index is 1190. The molecule has 2 aromatic carbocycles. The smallest absolute Gasteiger partial charge is 0.158 e. The minimum atomic E-state index is -0.849. The van der Waals surface area contributed by atoms with Gasteiger partial charge in [0.2, 0.25) is 0 Å². The average Bonchev–Trinajstić information content (AvgIpc) is 2.75. The highest BCUT2D eigenvalue weighted by Gasteiger charge is 2.30. The number of aromatic nitrogens is 4. The lowest BCUT2D eigenvalue weighted by Gasteiger charge is -2.26. The summed E-state index contributed by atoms with van der Waals surface area (Å²) in [6, 6.07) is 15.4. The molecule has 2 heterocycles. The quantitative estimate of drug-likeness (QED) is 0.452. The van der Waals surface area contributed by atoms with Crippen LogP contribution in [-0.2, 0) is 0 Å². The topological polar surface area (TPSA) is 92.0 Å². The van der Waals surface area contributed by atoms with Gasteiger partial charge in [-0.3, -0.25) is 0 Å². The summed E-state index contributed by atoms with van der Waals surface area (Å²) in [4.78, 5) is 18.9. The van der Waals surface area contributed by atoms with E-state index in [1.807, 2.05) is 90.1 Å². The van der Waals surface area contributed by atoms with E-state index in [1.54, 1.807) is 0 Å². The molecule has 2 N–H and O–H groups in total. The van der Waals surface area contributed by atoms with Crippen LogP contribution < -0.4 is 0 Å². The normalized spacial score (nSPS) is 14.6. The molecule has 32 heavy (non-hydrogen) atoms. The summed E-state index contributed by atoms with van der Waals surface area (Å²) < 4.78 is 0. The van der Waals surface area contributed by atoms with Crippen molar-refractivity contribution in [2.45, 2.75) is 53.8 Å². The molecule has 2 atom stereocenters. The molecule has 6 heteroatoms. The van der Waals surface area contributed by atoms with Gasteiger partial charge in [0.25, 0.3) is 0 Å². The Morgan fingerprint density at radius 3 is 1.25 bits per heavy atom. The van der Waals surface area contributed by atoms with E-state index in [-0.39, 0.29) is 0 Å². The molecule has 0 radical (unpaired) electrons. The molecular weight excluding hydrogens is 400 g/mol. The number of fused-ring (bicyclic) bond motifs is 2. The standard InChI is InChI=1S/C26H30N4O2/c1-25(2,3)21(31)23-27-17-13-9-7-11-15(17)19(29-23)20-16-12-8-10-14-18(16)28-24(30-20)22(32)26(4,5)6/h7-14,21-22,31-32H,1-6H3/t21-,22-/m1/s1. The van der Waals surface area contributed by atoms with E-state index in [2.05, 4.69) is 9.97 Å². The molecule has 2 aromatic heterocycles. The maximum Gasteiger partial charge on any atom is 0.158 e. The Hall–Kier alpha value is -2.96. The van der Waals surface area contributed by atoms with E-state index in [1.165, 1.54) is 0 Å². The van der Waals surface area contributed by atoms with E-state index in [4.69, 9.17) is 9.97 Å². The van der Waals surface area contributed by atoms with Crippen molar-refractivity contribution in [1.82, 2.24) is 19.9 Å². The highest BCUT2D eigenvalue weighted by Crippen LogP contribution is 2.37. The van der Waals surface area contributed by atoms with Gasteiger partial charge in [-0.25, -0.2) is 19.9 Å². The number of benzene rings is 2. The summed E-state index contributed by atoms with van der Waals surface area (Å²) in [6.45, 7) is 11.7. The molecule has 0 aliphatic carbocycles. The van der Waals surface area contributed by atoms with Crippen LogP contribution in [-0.4, -0.2) is 30.1 Å². The first-order chi connectivity index (χ1) is 15.0. The Morgan fingerprint density at radius 2 is 0.906 bits per heavy atom. The summed E-state index contributed by atoms with van der Waals surface area (Å²) in [5.74, 6) is 0.707. The molecule has 166 valence electrons. The summed E-state index contributed by atoms with van der Waals surface area (Å²) in [6.07, 6.45) is -1.70. The maximum atomic E-state index is 11.0. The van der Waals surface area contributed by atoms with Gasteiger partial charge in [0.1, 0.15) is 23.6 Å². The van der Waals surface area contributed by atoms with Gasteiger partial charge in [-0.05, 0) is 23.0 Å². The summed E-state index contributed by atoms with van der Waals surface area (Å²) in [5, 5.41) is 23.6. The van der Waals surface area contributed by atoms with Gasteiger partial charge in [0, 0.05) is 10.8 Å². The second-order valence-corrected chi connectivity index (χ2v) is 10.4. The van der Waals surface area contributed by atoms with Crippen molar-refractivity contribution in [3.05, 3.63) is 60.2 Å². The lowest BCUT2D eigenvalue weighted by atomic mass is 9.88. The molecule has 0 aliphatic rings. The number of hydrogen-bond donors (Lipinski definition) is 2. The van der Waals surface area contributed by atoms with Crippen LogP contribution in [0.4, 0.5) is 0 Å². The maximum absolute atomic E-state index is 11.0. The SMILES string of the molecule is CC(C)(C)[C@H](O)c1nc(-c2nc([C@@H](O)C(C)(C)C)nc3ccccc23)c2ccccc2n1. The van der Waals surface area contributed by atoms with Crippen molar-refractivity contribution in [2.24, 2.45) is 10.8 Å². The molecular formula is C26H30N4O2. The first kappa shape index (κ1) is 22.2.